The van der Waals surface area contributed by atoms with Crippen LogP contribution in [0.1, 0.15) is 17.0 Å². The number of carbonyl (C=O) groups is 1. The smallest absolute Gasteiger partial charge is 0.312 e. The van der Waals surface area contributed by atoms with E-state index in [1.165, 1.54) is 12.1 Å². The van der Waals surface area contributed by atoms with Crippen LogP contribution in [0.4, 0.5) is 10.1 Å². The molecule has 1 N–H and O–H groups in total. The molecule has 1 aliphatic rings. The summed E-state index contributed by atoms with van der Waals surface area (Å²) >= 11 is 0. The molecule has 1 aliphatic heterocycles. The quantitative estimate of drug-likeness (QED) is 0.933. The van der Waals surface area contributed by atoms with Gasteiger partial charge in [0.25, 0.3) is 0 Å². The summed E-state index contributed by atoms with van der Waals surface area (Å²) in [6, 6.07) is 13.9. The van der Waals surface area contributed by atoms with Gasteiger partial charge >= 0.3 is 5.97 Å². The van der Waals surface area contributed by atoms with Crippen LogP contribution in [-0.2, 0) is 11.3 Å². The molecule has 0 bridgehead atoms. The number of nitrogens with zero attached hydrogens (tertiary/aromatic N) is 1. The van der Waals surface area contributed by atoms with E-state index >= 15 is 0 Å². The highest BCUT2D eigenvalue weighted by Crippen LogP contribution is 2.37. The van der Waals surface area contributed by atoms with Gasteiger partial charge in [0.05, 0.1) is 0 Å². The van der Waals surface area contributed by atoms with E-state index in [0.29, 0.717) is 13.1 Å². The predicted molar refractivity (Wildman–Crippen MR) is 74.3 cm³/mol. The van der Waals surface area contributed by atoms with Crippen molar-refractivity contribution in [1.82, 2.24) is 0 Å². The predicted octanol–water partition coefficient (Wildman–Crippen LogP) is 3.01. The number of hydrogen-bond acceptors (Lipinski definition) is 2. The zero-order valence-electron chi connectivity index (χ0n) is 10.8. The van der Waals surface area contributed by atoms with Crippen molar-refractivity contribution >= 4 is 11.7 Å². The molecule has 0 aromatic heterocycles. The molecule has 0 radical (unpaired) electrons. The van der Waals surface area contributed by atoms with E-state index in [2.05, 4.69) is 0 Å². The molecule has 1 heterocycles. The van der Waals surface area contributed by atoms with Gasteiger partial charge < -0.3 is 10.0 Å². The Hall–Kier alpha value is -2.36. The van der Waals surface area contributed by atoms with Crippen LogP contribution in [-0.4, -0.2) is 17.6 Å². The van der Waals surface area contributed by atoms with E-state index in [-0.39, 0.29) is 5.82 Å². The highest BCUT2D eigenvalue weighted by Gasteiger charge is 2.32. The molecule has 0 saturated heterocycles. The largest absolute Gasteiger partial charge is 0.481 e. The molecule has 0 fully saturated rings. The second kappa shape index (κ2) is 4.96. The maximum Gasteiger partial charge on any atom is 0.312 e. The van der Waals surface area contributed by atoms with Gasteiger partial charge in [0, 0.05) is 18.8 Å². The van der Waals surface area contributed by atoms with Crippen LogP contribution in [0, 0.1) is 5.82 Å². The lowest BCUT2D eigenvalue weighted by molar-refractivity contribution is -0.138. The fourth-order valence-electron chi connectivity index (χ4n) is 2.66. The number of fused-ring (bicyclic) bond motifs is 1. The van der Waals surface area contributed by atoms with Crippen LogP contribution in [0.3, 0.4) is 0 Å². The summed E-state index contributed by atoms with van der Waals surface area (Å²) in [6.07, 6.45) is 0. The molecule has 2 aromatic rings. The van der Waals surface area contributed by atoms with Crippen LogP contribution < -0.4 is 4.90 Å². The zero-order chi connectivity index (χ0) is 14.1. The fourth-order valence-corrected chi connectivity index (χ4v) is 2.66. The molecule has 0 saturated carbocycles. The standard InChI is InChI=1S/C16H14FNO2/c17-12-7-5-11(6-8-12)9-18-10-14(16(19)20)13-3-1-2-4-15(13)18/h1-8,14H,9-10H2,(H,19,20). The van der Waals surface area contributed by atoms with E-state index in [4.69, 9.17) is 0 Å². The molecule has 20 heavy (non-hydrogen) atoms. The van der Waals surface area contributed by atoms with Gasteiger partial charge in [0.15, 0.2) is 0 Å². The maximum atomic E-state index is 12.9. The van der Waals surface area contributed by atoms with Gasteiger partial charge in [-0.1, -0.05) is 30.3 Å². The fraction of sp³-hybridized carbons (Fsp3) is 0.188. The average Bonchev–Trinajstić information content (AvgIpc) is 2.81. The first-order valence-electron chi connectivity index (χ1n) is 6.46. The molecule has 0 spiro atoms. The molecule has 2 aromatic carbocycles. The van der Waals surface area contributed by atoms with Crippen molar-refractivity contribution in [1.29, 1.82) is 0 Å². The Kier molecular flexibility index (Phi) is 3.14. The molecule has 1 atom stereocenters. The van der Waals surface area contributed by atoms with Gasteiger partial charge in [-0.25, -0.2) is 4.39 Å². The summed E-state index contributed by atoms with van der Waals surface area (Å²) in [5.74, 6) is -1.57. The van der Waals surface area contributed by atoms with Crippen molar-refractivity contribution in [2.75, 3.05) is 11.4 Å². The molecule has 0 amide bonds. The number of aliphatic carboxylic acids is 1. The number of hydrogen-bond donors (Lipinski definition) is 1. The minimum absolute atomic E-state index is 0.265. The Morgan fingerprint density at radius 3 is 2.60 bits per heavy atom. The number of para-hydroxylation sites is 1. The summed E-state index contributed by atoms with van der Waals surface area (Å²) in [4.78, 5) is 13.4. The first-order chi connectivity index (χ1) is 9.65. The lowest BCUT2D eigenvalue weighted by Gasteiger charge is -2.19. The van der Waals surface area contributed by atoms with Gasteiger partial charge in [0.1, 0.15) is 11.7 Å². The molecule has 102 valence electrons. The van der Waals surface area contributed by atoms with E-state index in [1.807, 2.05) is 29.2 Å². The molecular weight excluding hydrogens is 257 g/mol. The van der Waals surface area contributed by atoms with Crippen molar-refractivity contribution in [3.63, 3.8) is 0 Å². The highest BCUT2D eigenvalue weighted by atomic mass is 19.1. The number of carboxylic acid groups (broad SMARTS) is 1. The normalized spacial score (nSPS) is 17.1. The third kappa shape index (κ3) is 2.25. The summed E-state index contributed by atoms with van der Waals surface area (Å²) in [5, 5.41) is 9.30. The first-order valence-corrected chi connectivity index (χ1v) is 6.46. The zero-order valence-corrected chi connectivity index (χ0v) is 10.8. The van der Waals surface area contributed by atoms with Crippen LogP contribution >= 0.6 is 0 Å². The number of halogens is 1. The van der Waals surface area contributed by atoms with Gasteiger partial charge in [-0.15, -0.1) is 0 Å². The SMILES string of the molecule is O=C(O)C1CN(Cc2ccc(F)cc2)c2ccccc21. The molecule has 1 unspecified atom stereocenters. The van der Waals surface area contributed by atoms with E-state index < -0.39 is 11.9 Å². The highest BCUT2D eigenvalue weighted by molar-refractivity contribution is 5.82. The summed E-state index contributed by atoms with van der Waals surface area (Å²) < 4.78 is 12.9. The third-order valence-corrected chi connectivity index (χ3v) is 3.64. The Morgan fingerprint density at radius 2 is 1.90 bits per heavy atom. The van der Waals surface area contributed by atoms with Crippen molar-refractivity contribution in [2.24, 2.45) is 0 Å². The summed E-state index contributed by atoms with van der Waals surface area (Å²) in [6.45, 7) is 1.03. The second-order valence-electron chi connectivity index (χ2n) is 4.96. The van der Waals surface area contributed by atoms with Crippen molar-refractivity contribution in [3.8, 4) is 0 Å². The van der Waals surface area contributed by atoms with Gasteiger partial charge in [-0.3, -0.25) is 4.79 Å². The summed E-state index contributed by atoms with van der Waals surface area (Å²) in [5.41, 5.74) is 2.76. The topological polar surface area (TPSA) is 40.5 Å². The molecule has 3 nitrogen and oxygen atoms in total. The van der Waals surface area contributed by atoms with Gasteiger partial charge in [0.2, 0.25) is 0 Å². The van der Waals surface area contributed by atoms with Crippen LogP contribution in [0.15, 0.2) is 48.5 Å². The molecular formula is C16H14FNO2. The van der Waals surface area contributed by atoms with Gasteiger partial charge in [-0.05, 0) is 29.3 Å². The van der Waals surface area contributed by atoms with E-state index in [9.17, 15) is 14.3 Å². The maximum absolute atomic E-state index is 12.9. The van der Waals surface area contributed by atoms with Crippen LogP contribution in [0.25, 0.3) is 0 Å². The number of rotatable bonds is 3. The van der Waals surface area contributed by atoms with Crippen molar-refractivity contribution in [2.45, 2.75) is 12.5 Å². The monoisotopic (exact) mass is 271 g/mol. The minimum Gasteiger partial charge on any atom is -0.481 e. The molecule has 3 rings (SSSR count). The molecule has 0 aliphatic carbocycles. The summed E-state index contributed by atoms with van der Waals surface area (Å²) in [7, 11) is 0. The Balaban J connectivity index is 1.88. The third-order valence-electron chi connectivity index (χ3n) is 3.64. The Labute approximate surface area is 116 Å². The number of benzene rings is 2. The second-order valence-corrected chi connectivity index (χ2v) is 4.96. The number of anilines is 1. The van der Waals surface area contributed by atoms with Crippen molar-refractivity contribution in [3.05, 3.63) is 65.5 Å². The molecule has 4 heteroatoms. The van der Waals surface area contributed by atoms with Crippen LogP contribution in [0.5, 0.6) is 0 Å². The van der Waals surface area contributed by atoms with Crippen molar-refractivity contribution < 1.29 is 14.3 Å². The van der Waals surface area contributed by atoms with Gasteiger partial charge in [-0.2, -0.15) is 0 Å². The average molecular weight is 271 g/mol. The number of carboxylic acids is 1. The lowest BCUT2D eigenvalue weighted by Crippen LogP contribution is -2.24. The lowest BCUT2D eigenvalue weighted by atomic mass is 10.0. The van der Waals surface area contributed by atoms with E-state index in [1.54, 1.807) is 12.1 Å². The van der Waals surface area contributed by atoms with E-state index in [0.717, 1.165) is 16.8 Å². The first kappa shape index (κ1) is 12.7. The minimum atomic E-state index is -0.806. The Morgan fingerprint density at radius 1 is 1.20 bits per heavy atom. The Bertz CT molecular complexity index is 639. The van der Waals surface area contributed by atoms with Crippen LogP contribution in [0.2, 0.25) is 0 Å².